The molecule has 0 saturated carbocycles. The summed E-state index contributed by atoms with van der Waals surface area (Å²) in [6.45, 7) is 11.4. The van der Waals surface area contributed by atoms with E-state index in [1.54, 1.807) is 6.92 Å². The van der Waals surface area contributed by atoms with E-state index < -0.39 is 0 Å². The zero-order valence-electron chi connectivity index (χ0n) is 12.7. The van der Waals surface area contributed by atoms with Crippen LogP contribution in [0.5, 0.6) is 0 Å². The minimum Gasteiger partial charge on any atom is -0.304 e. The summed E-state index contributed by atoms with van der Waals surface area (Å²) in [5.41, 5.74) is 0. The average Bonchev–Trinajstić information content (AvgIpc) is 2.46. The van der Waals surface area contributed by atoms with Gasteiger partial charge in [0, 0.05) is 5.92 Å². The van der Waals surface area contributed by atoms with Crippen LogP contribution in [-0.4, -0.2) is 54.9 Å². The molecule has 2 fully saturated rings. The molecule has 0 aliphatic carbocycles. The predicted molar refractivity (Wildman–Crippen MR) is 79.3 cm³/mol. The molecule has 0 N–H and O–H groups in total. The molecule has 0 atom stereocenters. The molecule has 3 heteroatoms. The molecule has 0 aromatic rings. The minimum atomic E-state index is 0.351. The topological polar surface area (TPSA) is 23.6 Å². The van der Waals surface area contributed by atoms with Crippen molar-refractivity contribution in [1.82, 2.24) is 9.80 Å². The molecule has 2 heterocycles. The first-order chi connectivity index (χ1) is 9.19. The fourth-order valence-corrected chi connectivity index (χ4v) is 3.52. The second-order valence-corrected chi connectivity index (χ2v) is 6.39. The number of rotatable bonds is 5. The number of Topliss-reactive ketones (excluding diaryl/α,β-unsaturated/α-hetero) is 1. The molecule has 0 bridgehead atoms. The van der Waals surface area contributed by atoms with Crippen molar-refractivity contribution in [3.8, 4) is 0 Å². The van der Waals surface area contributed by atoms with E-state index in [1.807, 2.05) is 0 Å². The van der Waals surface area contributed by atoms with Gasteiger partial charge < -0.3 is 9.80 Å². The minimum absolute atomic E-state index is 0.351. The number of piperidine rings is 2. The molecule has 0 spiro atoms. The van der Waals surface area contributed by atoms with Gasteiger partial charge in [0.05, 0.1) is 0 Å². The molecule has 0 unspecified atom stereocenters. The van der Waals surface area contributed by atoms with Crippen molar-refractivity contribution in [3.05, 3.63) is 0 Å². The Morgan fingerprint density at radius 1 is 1.00 bits per heavy atom. The SMILES string of the molecule is CCN1CCC(CCN2CCC(C(C)=O)CC2)CC1. The summed E-state index contributed by atoms with van der Waals surface area (Å²) in [5, 5.41) is 0. The molecule has 3 nitrogen and oxygen atoms in total. The lowest BCUT2D eigenvalue weighted by atomic mass is 9.91. The Balaban J connectivity index is 1.61. The molecule has 2 aliphatic heterocycles. The lowest BCUT2D eigenvalue weighted by Crippen LogP contribution is -2.38. The van der Waals surface area contributed by atoms with Gasteiger partial charge in [-0.2, -0.15) is 0 Å². The monoisotopic (exact) mass is 266 g/mol. The maximum atomic E-state index is 11.3. The summed E-state index contributed by atoms with van der Waals surface area (Å²) in [6, 6.07) is 0. The van der Waals surface area contributed by atoms with E-state index in [0.717, 1.165) is 31.8 Å². The Labute approximate surface area is 118 Å². The van der Waals surface area contributed by atoms with Crippen molar-refractivity contribution in [1.29, 1.82) is 0 Å². The number of ketones is 1. The highest BCUT2D eigenvalue weighted by Gasteiger charge is 2.23. The van der Waals surface area contributed by atoms with Gasteiger partial charge in [-0.3, -0.25) is 4.79 Å². The number of carbonyl (C=O) groups is 1. The maximum absolute atomic E-state index is 11.3. The average molecular weight is 266 g/mol. The molecule has 0 radical (unpaired) electrons. The van der Waals surface area contributed by atoms with E-state index in [2.05, 4.69) is 16.7 Å². The van der Waals surface area contributed by atoms with E-state index >= 15 is 0 Å². The van der Waals surface area contributed by atoms with Gasteiger partial charge in [-0.1, -0.05) is 6.92 Å². The second kappa shape index (κ2) is 7.39. The van der Waals surface area contributed by atoms with Crippen molar-refractivity contribution in [3.63, 3.8) is 0 Å². The highest BCUT2D eigenvalue weighted by Crippen LogP contribution is 2.23. The van der Waals surface area contributed by atoms with Crippen molar-refractivity contribution >= 4 is 5.78 Å². The first kappa shape index (κ1) is 15.0. The van der Waals surface area contributed by atoms with Gasteiger partial charge in [0.2, 0.25) is 0 Å². The Morgan fingerprint density at radius 3 is 2.11 bits per heavy atom. The highest BCUT2D eigenvalue weighted by atomic mass is 16.1. The van der Waals surface area contributed by atoms with Crippen LogP contribution in [0.4, 0.5) is 0 Å². The van der Waals surface area contributed by atoms with Gasteiger partial charge in [0.15, 0.2) is 0 Å². The quantitative estimate of drug-likeness (QED) is 0.763. The van der Waals surface area contributed by atoms with Gasteiger partial charge >= 0.3 is 0 Å². The third kappa shape index (κ3) is 4.57. The van der Waals surface area contributed by atoms with Gasteiger partial charge in [-0.15, -0.1) is 0 Å². The summed E-state index contributed by atoms with van der Waals surface area (Å²) in [6.07, 6.45) is 6.31. The van der Waals surface area contributed by atoms with Gasteiger partial charge in [-0.25, -0.2) is 0 Å². The Morgan fingerprint density at radius 2 is 1.58 bits per heavy atom. The van der Waals surface area contributed by atoms with Crippen molar-refractivity contribution in [2.24, 2.45) is 11.8 Å². The summed E-state index contributed by atoms with van der Waals surface area (Å²) >= 11 is 0. The van der Waals surface area contributed by atoms with Gasteiger partial charge in [-0.05, 0) is 84.2 Å². The first-order valence-electron chi connectivity index (χ1n) is 8.14. The number of nitrogens with zero attached hydrogens (tertiary/aromatic N) is 2. The Bertz CT molecular complexity index is 276. The molecule has 2 rings (SSSR count). The predicted octanol–water partition coefficient (Wildman–Crippen LogP) is 2.41. The van der Waals surface area contributed by atoms with E-state index in [9.17, 15) is 4.79 Å². The van der Waals surface area contributed by atoms with Gasteiger partial charge in [0.1, 0.15) is 5.78 Å². The second-order valence-electron chi connectivity index (χ2n) is 6.39. The molecule has 0 aromatic heterocycles. The Kier molecular flexibility index (Phi) is 5.83. The van der Waals surface area contributed by atoms with Crippen LogP contribution in [-0.2, 0) is 4.79 Å². The summed E-state index contributed by atoms with van der Waals surface area (Å²) in [5.74, 6) is 1.68. The molecule has 110 valence electrons. The fourth-order valence-electron chi connectivity index (χ4n) is 3.52. The normalized spacial score (nSPS) is 24.7. The third-order valence-electron chi connectivity index (χ3n) is 5.17. The van der Waals surface area contributed by atoms with Crippen LogP contribution < -0.4 is 0 Å². The van der Waals surface area contributed by atoms with E-state index in [0.29, 0.717) is 11.7 Å². The van der Waals surface area contributed by atoms with Crippen LogP contribution in [0.3, 0.4) is 0 Å². The van der Waals surface area contributed by atoms with Crippen molar-refractivity contribution in [2.75, 3.05) is 39.3 Å². The van der Waals surface area contributed by atoms with E-state index in [4.69, 9.17) is 0 Å². The molecule has 0 amide bonds. The summed E-state index contributed by atoms with van der Waals surface area (Å²) < 4.78 is 0. The first-order valence-corrected chi connectivity index (χ1v) is 8.14. The smallest absolute Gasteiger partial charge is 0.133 e. The van der Waals surface area contributed by atoms with Crippen LogP contribution in [0, 0.1) is 11.8 Å². The zero-order chi connectivity index (χ0) is 13.7. The van der Waals surface area contributed by atoms with Crippen LogP contribution in [0.15, 0.2) is 0 Å². The van der Waals surface area contributed by atoms with Crippen LogP contribution >= 0.6 is 0 Å². The van der Waals surface area contributed by atoms with Crippen LogP contribution in [0.2, 0.25) is 0 Å². The molecule has 2 saturated heterocycles. The standard InChI is InChI=1S/C16H30N2O/c1-3-17-9-4-15(5-10-17)6-11-18-12-7-16(8-13-18)14(2)19/h15-16H,3-13H2,1-2H3. The van der Waals surface area contributed by atoms with Crippen LogP contribution in [0.1, 0.15) is 46.0 Å². The summed E-state index contributed by atoms with van der Waals surface area (Å²) in [4.78, 5) is 16.5. The summed E-state index contributed by atoms with van der Waals surface area (Å²) in [7, 11) is 0. The fraction of sp³-hybridized carbons (Fsp3) is 0.938. The largest absolute Gasteiger partial charge is 0.304 e. The lowest BCUT2D eigenvalue weighted by molar-refractivity contribution is -0.122. The van der Waals surface area contributed by atoms with Gasteiger partial charge in [0.25, 0.3) is 0 Å². The number of likely N-dealkylation sites (tertiary alicyclic amines) is 2. The number of carbonyl (C=O) groups excluding carboxylic acids is 1. The zero-order valence-corrected chi connectivity index (χ0v) is 12.7. The highest BCUT2D eigenvalue weighted by molar-refractivity contribution is 5.78. The molecule has 2 aliphatic rings. The van der Waals surface area contributed by atoms with E-state index in [-0.39, 0.29) is 0 Å². The third-order valence-corrected chi connectivity index (χ3v) is 5.17. The van der Waals surface area contributed by atoms with Crippen molar-refractivity contribution < 1.29 is 4.79 Å². The van der Waals surface area contributed by atoms with Crippen LogP contribution in [0.25, 0.3) is 0 Å². The molecule has 19 heavy (non-hydrogen) atoms. The maximum Gasteiger partial charge on any atom is 0.133 e. The lowest BCUT2D eigenvalue weighted by Gasteiger charge is -2.34. The molecular weight excluding hydrogens is 236 g/mol. The Hall–Kier alpha value is -0.410. The number of hydrogen-bond donors (Lipinski definition) is 0. The van der Waals surface area contributed by atoms with E-state index in [1.165, 1.54) is 45.4 Å². The molecule has 0 aromatic carbocycles. The number of hydrogen-bond acceptors (Lipinski definition) is 3. The van der Waals surface area contributed by atoms with Crippen molar-refractivity contribution in [2.45, 2.75) is 46.0 Å². The molecular formula is C16H30N2O.